The largest absolute Gasteiger partial charge is 0.490 e. The zero-order chi connectivity index (χ0) is 80.0. The van der Waals surface area contributed by atoms with Gasteiger partial charge in [-0.3, -0.25) is 4.90 Å². The van der Waals surface area contributed by atoms with Crippen LogP contribution in [0.25, 0.3) is 91.4 Å². The van der Waals surface area contributed by atoms with E-state index in [4.69, 9.17) is 61.1 Å². The summed E-state index contributed by atoms with van der Waals surface area (Å²) in [4.78, 5) is 25.5. The second-order valence-electron chi connectivity index (χ2n) is 27.3. The van der Waals surface area contributed by atoms with E-state index in [-0.39, 0.29) is 6.61 Å². The Kier molecular flexibility index (Phi) is 31.5. The molecule has 600 valence electrons. The summed E-state index contributed by atoms with van der Waals surface area (Å²) in [6.45, 7) is 30.3. The van der Waals surface area contributed by atoms with Gasteiger partial charge < -0.3 is 70.9 Å². The van der Waals surface area contributed by atoms with Gasteiger partial charge in [-0.05, 0) is 248 Å². The highest BCUT2D eigenvalue weighted by molar-refractivity contribution is 5.68. The van der Waals surface area contributed by atoms with Crippen molar-refractivity contribution in [1.82, 2.24) is 55.3 Å². The third-order valence-corrected chi connectivity index (χ3v) is 18.9. The number of aliphatic hydroxyl groups is 1. The minimum absolute atomic E-state index is 0.131. The zero-order valence-electron chi connectivity index (χ0n) is 67.6. The van der Waals surface area contributed by atoms with Gasteiger partial charge in [-0.25, -0.2) is 0 Å². The van der Waals surface area contributed by atoms with Gasteiger partial charge in [0.15, 0.2) is 46.0 Å². The fraction of sp³-hybridized carbons (Fsp3) is 0.378. The van der Waals surface area contributed by atoms with Crippen LogP contribution in [0, 0.1) is 6.92 Å². The van der Waals surface area contributed by atoms with Crippen molar-refractivity contribution in [3.8, 4) is 137 Å². The van der Waals surface area contributed by atoms with E-state index in [1.54, 1.807) is 0 Å². The Bertz CT molecular complexity index is 4890. The van der Waals surface area contributed by atoms with Gasteiger partial charge in [0, 0.05) is 70.7 Å². The molecule has 24 nitrogen and oxygen atoms in total. The summed E-state index contributed by atoms with van der Waals surface area (Å²) in [7, 11) is 4.15. The molecule has 114 heavy (non-hydrogen) atoms. The molecule has 2 aliphatic rings. The standard InChI is InChI=1S/2C24H29N3O3.C22H27N3O3.C20H22N2O4/c1-4-28-21-12-11-18(15-22(21)29-5-2)24-25-23(26-30-24)20-10-8-9-19(17(20)3)16-27-13-6-7-14-27;1-3-28-21-12-11-20(17-22(21)29-4-2)24-25-23(26-30-24)19-9-7-18(8-10-19)13-16-27-14-5-6-15-27;1-5-26-19-12-11-18(15-20(19)27-6-2)22-23-21(24-28-22)17-9-7-16(8-10-17)13-14-25(3)4;1-3-24-17-10-9-16(13-18(17)25-4-2)20-21-19(22-26-20)15-7-5-14(6-8-15)11-12-23/h8-12,15H,4-7,13-14,16H2,1-3H3;7-12,17H,3-6,13-16H2,1-2H3;7-12,15H,5-6,13-14H2,1-4H3;5-10,13,23H,3-4,11-12H2,1-2H3. The number of ether oxygens (including phenoxy) is 8. The van der Waals surface area contributed by atoms with Gasteiger partial charge >= 0.3 is 0 Å². The first kappa shape index (κ1) is 83.5. The smallest absolute Gasteiger partial charge is 0.258 e. The molecule has 2 saturated heterocycles. The van der Waals surface area contributed by atoms with E-state index in [0.29, 0.717) is 152 Å². The predicted octanol–water partition coefficient (Wildman–Crippen LogP) is 18.0. The second kappa shape index (κ2) is 43.0. The van der Waals surface area contributed by atoms with Crippen molar-refractivity contribution in [1.29, 1.82) is 0 Å². The molecular weight excluding hydrogens is 1440 g/mol. The molecule has 0 amide bonds. The molecule has 0 spiro atoms. The number of aromatic nitrogens is 8. The minimum Gasteiger partial charge on any atom is -0.490 e. The normalized spacial score (nSPS) is 12.6. The first-order valence-corrected chi connectivity index (χ1v) is 39.8. The molecule has 6 heterocycles. The van der Waals surface area contributed by atoms with E-state index in [1.807, 2.05) is 165 Å². The molecule has 12 aromatic rings. The van der Waals surface area contributed by atoms with E-state index in [1.165, 1.54) is 74.1 Å². The monoisotopic (exact) mass is 1550 g/mol. The summed E-state index contributed by atoms with van der Waals surface area (Å²) in [5, 5.41) is 25.6. The highest BCUT2D eigenvalue weighted by Gasteiger charge is 2.22. The number of hydrogen-bond acceptors (Lipinski definition) is 24. The molecule has 0 saturated carbocycles. The molecule has 8 aromatic carbocycles. The van der Waals surface area contributed by atoms with Crippen LogP contribution in [0.2, 0.25) is 0 Å². The summed E-state index contributed by atoms with van der Waals surface area (Å²) in [6.07, 6.45) is 7.96. The van der Waals surface area contributed by atoms with Crippen LogP contribution < -0.4 is 37.9 Å². The second-order valence-corrected chi connectivity index (χ2v) is 27.3. The van der Waals surface area contributed by atoms with E-state index in [9.17, 15) is 0 Å². The topological polar surface area (TPSA) is 259 Å². The summed E-state index contributed by atoms with van der Waals surface area (Å²) in [5.74, 6) is 9.61. The van der Waals surface area contributed by atoms with Crippen LogP contribution >= 0.6 is 0 Å². The number of benzene rings is 8. The van der Waals surface area contributed by atoms with E-state index in [2.05, 4.69) is 131 Å². The number of nitrogens with zero attached hydrogens (tertiary/aromatic N) is 11. The van der Waals surface area contributed by atoms with Crippen molar-refractivity contribution in [3.05, 3.63) is 192 Å². The molecule has 2 aliphatic heterocycles. The van der Waals surface area contributed by atoms with E-state index >= 15 is 0 Å². The van der Waals surface area contributed by atoms with Crippen LogP contribution in [0.4, 0.5) is 0 Å². The Balaban J connectivity index is 0.000000150. The van der Waals surface area contributed by atoms with E-state index < -0.39 is 0 Å². The van der Waals surface area contributed by atoms with Crippen LogP contribution in [0.3, 0.4) is 0 Å². The quantitative estimate of drug-likeness (QED) is 0.0393. The Morgan fingerprint density at radius 3 is 1.00 bits per heavy atom. The maximum absolute atomic E-state index is 8.99. The lowest BCUT2D eigenvalue weighted by Crippen LogP contribution is -2.21. The summed E-state index contributed by atoms with van der Waals surface area (Å²) in [6, 6.07) is 53.4. The Morgan fingerprint density at radius 2 is 0.658 bits per heavy atom. The maximum Gasteiger partial charge on any atom is 0.258 e. The molecule has 0 unspecified atom stereocenters. The Labute approximate surface area is 668 Å². The SMILES string of the molecule is CCOc1ccc(-c2nc(-c3ccc(CCN(C)C)cc3)no2)cc1OCC.CCOc1ccc(-c2nc(-c3ccc(CCN4CCCC4)cc3)no2)cc1OCC.CCOc1ccc(-c2nc(-c3ccc(CCO)cc3)no2)cc1OCC.CCOc1ccc(-c2nc(-c3cccc(CN4CCCC4)c3C)no2)cc1OCC. The summed E-state index contributed by atoms with van der Waals surface area (Å²) < 4.78 is 67.2. The lowest BCUT2D eigenvalue weighted by atomic mass is 10.0. The average Bonchev–Trinajstić information content (AvgIpc) is 1.64. The van der Waals surface area contributed by atoms with Crippen molar-refractivity contribution < 1.29 is 61.1 Å². The Morgan fingerprint density at radius 1 is 0.351 bits per heavy atom. The Hall–Kier alpha value is -11.4. The van der Waals surface area contributed by atoms with Crippen molar-refractivity contribution >= 4 is 0 Å². The van der Waals surface area contributed by atoms with Crippen LogP contribution in [-0.2, 0) is 25.8 Å². The van der Waals surface area contributed by atoms with Gasteiger partial charge in [0.2, 0.25) is 23.3 Å². The number of likely N-dealkylation sites (tertiary alicyclic amines) is 2. The molecule has 0 radical (unpaired) electrons. The summed E-state index contributed by atoms with van der Waals surface area (Å²) >= 11 is 0. The van der Waals surface area contributed by atoms with Crippen LogP contribution in [0.15, 0.2) is 182 Å². The molecule has 1 N–H and O–H groups in total. The van der Waals surface area contributed by atoms with Crippen molar-refractivity contribution in [3.63, 3.8) is 0 Å². The number of rotatable bonds is 34. The molecule has 0 aliphatic carbocycles. The highest BCUT2D eigenvalue weighted by atomic mass is 16.5. The third kappa shape index (κ3) is 23.1. The first-order chi connectivity index (χ1) is 55.8. The average molecular weight is 1550 g/mol. The van der Waals surface area contributed by atoms with Crippen molar-refractivity contribution in [2.45, 2.75) is 114 Å². The number of likely N-dealkylation sites (N-methyl/N-ethyl adjacent to an activating group) is 1. The van der Waals surface area contributed by atoms with Crippen molar-refractivity contribution in [2.75, 3.05) is 113 Å². The molecule has 0 atom stereocenters. The van der Waals surface area contributed by atoms with Gasteiger partial charge in [-0.15, -0.1) is 0 Å². The molecule has 14 rings (SSSR count). The van der Waals surface area contributed by atoms with Crippen molar-refractivity contribution in [2.24, 2.45) is 0 Å². The number of aliphatic hydroxyl groups excluding tert-OH is 1. The molecule has 0 bridgehead atoms. The lowest BCUT2D eigenvalue weighted by Gasteiger charge is -2.17. The third-order valence-electron chi connectivity index (χ3n) is 18.9. The van der Waals surface area contributed by atoms with E-state index in [0.717, 1.165) is 82.5 Å². The number of hydrogen-bond donors (Lipinski definition) is 1. The predicted molar refractivity (Wildman–Crippen MR) is 442 cm³/mol. The van der Waals surface area contributed by atoms with Gasteiger partial charge in [0.05, 0.1) is 52.9 Å². The first-order valence-electron chi connectivity index (χ1n) is 39.8. The maximum atomic E-state index is 8.99. The summed E-state index contributed by atoms with van der Waals surface area (Å²) in [5.41, 5.74) is 13.2. The zero-order valence-corrected chi connectivity index (χ0v) is 67.6. The van der Waals surface area contributed by atoms with Gasteiger partial charge in [0.1, 0.15) is 0 Å². The van der Waals surface area contributed by atoms with Gasteiger partial charge in [0.25, 0.3) is 23.6 Å². The lowest BCUT2D eigenvalue weighted by molar-refractivity contribution is 0.288. The fourth-order valence-electron chi connectivity index (χ4n) is 13.1. The van der Waals surface area contributed by atoms with Gasteiger partial charge in [-0.1, -0.05) is 112 Å². The van der Waals surface area contributed by atoms with Crippen LogP contribution in [0.1, 0.15) is 109 Å². The highest BCUT2D eigenvalue weighted by Crippen LogP contribution is 2.39. The van der Waals surface area contributed by atoms with Gasteiger partial charge in [-0.2, -0.15) is 19.9 Å². The van der Waals surface area contributed by atoms with Crippen LogP contribution in [0.5, 0.6) is 46.0 Å². The molecule has 2 fully saturated rings. The fourth-order valence-corrected chi connectivity index (χ4v) is 13.1. The molecular formula is C90H107N11O13. The molecule has 24 heteroatoms. The van der Waals surface area contributed by atoms with Crippen LogP contribution in [-0.4, -0.2) is 173 Å². The molecule has 4 aromatic heterocycles. The minimum atomic E-state index is 0.131.